The summed E-state index contributed by atoms with van der Waals surface area (Å²) in [7, 11) is 2.95. The molecular formula is C24H36N4O6S2. The van der Waals surface area contributed by atoms with E-state index in [4.69, 9.17) is 4.74 Å². The summed E-state index contributed by atoms with van der Waals surface area (Å²) in [5.74, 6) is -2.54. The van der Waals surface area contributed by atoms with E-state index in [9.17, 15) is 24.0 Å². The number of hydrogen-bond acceptors (Lipinski definition) is 8. The third-order valence-corrected chi connectivity index (χ3v) is 8.03. The van der Waals surface area contributed by atoms with Crippen molar-refractivity contribution in [3.63, 3.8) is 0 Å². The zero-order chi connectivity index (χ0) is 26.8. The van der Waals surface area contributed by atoms with Gasteiger partial charge < -0.3 is 26.0 Å². The third kappa shape index (κ3) is 8.88. The van der Waals surface area contributed by atoms with Crippen LogP contribution in [0.5, 0.6) is 0 Å². The molecule has 4 amide bonds. The second-order valence-corrected chi connectivity index (χ2v) is 11.9. The van der Waals surface area contributed by atoms with Gasteiger partial charge in [0.05, 0.1) is 6.42 Å². The van der Waals surface area contributed by atoms with Crippen molar-refractivity contribution in [2.45, 2.75) is 71.7 Å². The molecule has 2 heterocycles. The SMILES string of the molecule is C/C=C1\NC(=O)[C@H]2CSSCC/C=C/[C@H](CC(=O)N[C@H](C(C)C)C(=O)N2)OC(=O)C(C(C)C)NC1=O. The van der Waals surface area contributed by atoms with Crippen LogP contribution in [-0.2, 0) is 28.7 Å². The molecular weight excluding hydrogens is 504 g/mol. The van der Waals surface area contributed by atoms with Gasteiger partial charge in [0.1, 0.15) is 29.9 Å². The number of nitrogens with one attached hydrogen (secondary N) is 4. The molecule has 0 saturated carbocycles. The van der Waals surface area contributed by atoms with E-state index < -0.39 is 53.8 Å². The molecule has 0 aromatic rings. The minimum atomic E-state index is -1.00. The predicted molar refractivity (Wildman–Crippen MR) is 141 cm³/mol. The van der Waals surface area contributed by atoms with Gasteiger partial charge in [0.25, 0.3) is 5.91 Å². The van der Waals surface area contributed by atoms with Gasteiger partial charge in [-0.1, -0.05) is 61.4 Å². The highest BCUT2D eigenvalue weighted by atomic mass is 33.1. The van der Waals surface area contributed by atoms with Crippen LogP contribution in [0, 0.1) is 11.8 Å². The van der Waals surface area contributed by atoms with E-state index in [1.165, 1.54) is 27.7 Å². The molecule has 200 valence electrons. The molecule has 1 saturated heterocycles. The van der Waals surface area contributed by atoms with Gasteiger partial charge in [0.2, 0.25) is 17.7 Å². The lowest BCUT2D eigenvalue weighted by atomic mass is 10.0. The summed E-state index contributed by atoms with van der Waals surface area (Å²) in [5, 5.41) is 10.7. The molecule has 4 atom stereocenters. The second kappa shape index (κ2) is 14.3. The van der Waals surface area contributed by atoms with Gasteiger partial charge >= 0.3 is 5.97 Å². The van der Waals surface area contributed by atoms with Gasteiger partial charge in [-0.3, -0.25) is 19.2 Å². The second-order valence-electron chi connectivity index (χ2n) is 9.24. The van der Waals surface area contributed by atoms with Crippen molar-refractivity contribution in [3.8, 4) is 0 Å². The van der Waals surface area contributed by atoms with E-state index >= 15 is 0 Å². The molecule has 2 aliphatic rings. The van der Waals surface area contributed by atoms with E-state index in [0.717, 1.165) is 0 Å². The normalized spacial score (nSPS) is 29.6. The lowest BCUT2D eigenvalue weighted by Crippen LogP contribution is -2.57. The Bertz CT molecular complexity index is 905. The molecule has 2 rings (SSSR count). The van der Waals surface area contributed by atoms with Crippen molar-refractivity contribution in [3.05, 3.63) is 23.9 Å². The van der Waals surface area contributed by atoms with Crippen molar-refractivity contribution in [2.24, 2.45) is 11.8 Å². The zero-order valence-corrected chi connectivity index (χ0v) is 22.9. The van der Waals surface area contributed by atoms with Crippen LogP contribution in [0.1, 0.15) is 47.5 Å². The van der Waals surface area contributed by atoms with Crippen LogP contribution < -0.4 is 21.3 Å². The Morgan fingerprint density at radius 3 is 2.28 bits per heavy atom. The lowest BCUT2D eigenvalue weighted by molar-refractivity contribution is -0.153. The topological polar surface area (TPSA) is 143 Å². The average molecular weight is 541 g/mol. The summed E-state index contributed by atoms with van der Waals surface area (Å²) >= 11 is 0. The Morgan fingerprint density at radius 2 is 1.64 bits per heavy atom. The zero-order valence-electron chi connectivity index (χ0n) is 21.3. The van der Waals surface area contributed by atoms with Crippen molar-refractivity contribution < 1.29 is 28.7 Å². The van der Waals surface area contributed by atoms with Crippen molar-refractivity contribution in [1.82, 2.24) is 21.3 Å². The van der Waals surface area contributed by atoms with E-state index in [0.29, 0.717) is 12.2 Å². The molecule has 1 fully saturated rings. The maximum absolute atomic E-state index is 13.2. The molecule has 2 bridgehead atoms. The number of carbonyl (C=O) groups excluding carboxylic acids is 5. The van der Waals surface area contributed by atoms with Gasteiger partial charge in [0, 0.05) is 11.5 Å². The summed E-state index contributed by atoms with van der Waals surface area (Å²) < 4.78 is 5.65. The van der Waals surface area contributed by atoms with Crippen molar-refractivity contribution in [1.29, 1.82) is 0 Å². The fourth-order valence-corrected chi connectivity index (χ4v) is 5.66. The molecule has 0 aromatic carbocycles. The molecule has 0 aromatic heterocycles. The average Bonchev–Trinajstić information content (AvgIpc) is 2.81. The minimum absolute atomic E-state index is 0.0445. The largest absolute Gasteiger partial charge is 0.456 e. The van der Waals surface area contributed by atoms with Crippen molar-refractivity contribution in [2.75, 3.05) is 11.5 Å². The summed E-state index contributed by atoms with van der Waals surface area (Å²) in [6.45, 7) is 8.66. The molecule has 0 aliphatic carbocycles. The first kappa shape index (κ1) is 29.8. The highest BCUT2D eigenvalue weighted by Crippen LogP contribution is 2.24. The Hall–Kier alpha value is -2.47. The number of rotatable bonds is 2. The highest BCUT2D eigenvalue weighted by molar-refractivity contribution is 8.76. The number of esters is 1. The molecule has 0 spiro atoms. The number of carbonyl (C=O) groups is 5. The van der Waals surface area contributed by atoms with Gasteiger partial charge in [-0.25, -0.2) is 4.79 Å². The third-order valence-electron chi connectivity index (χ3n) is 5.59. The maximum Gasteiger partial charge on any atom is 0.329 e. The Kier molecular flexibility index (Phi) is 11.8. The first-order chi connectivity index (χ1) is 17.0. The fraction of sp³-hybridized carbons (Fsp3) is 0.625. The summed E-state index contributed by atoms with van der Waals surface area (Å²) in [6, 6.07) is -2.86. The van der Waals surface area contributed by atoms with E-state index in [1.807, 2.05) is 6.08 Å². The molecule has 2 aliphatic heterocycles. The van der Waals surface area contributed by atoms with Crippen LogP contribution in [0.3, 0.4) is 0 Å². The van der Waals surface area contributed by atoms with Crippen LogP contribution >= 0.6 is 21.6 Å². The monoisotopic (exact) mass is 540 g/mol. The Labute approximate surface area is 220 Å². The first-order valence-electron chi connectivity index (χ1n) is 12.0. The Balaban J connectivity index is 2.55. The number of amides is 4. The summed E-state index contributed by atoms with van der Waals surface area (Å²) in [6.07, 6.45) is 4.51. The highest BCUT2D eigenvalue weighted by Gasteiger charge is 2.33. The number of ether oxygens (including phenoxy) is 1. The molecule has 4 N–H and O–H groups in total. The number of allylic oxidation sites excluding steroid dienone is 2. The molecule has 10 nitrogen and oxygen atoms in total. The van der Waals surface area contributed by atoms with Crippen LogP contribution in [0.2, 0.25) is 0 Å². The first-order valence-corrected chi connectivity index (χ1v) is 14.5. The summed E-state index contributed by atoms with van der Waals surface area (Å²) in [5.41, 5.74) is -0.0445. The van der Waals surface area contributed by atoms with Crippen LogP contribution in [0.15, 0.2) is 23.9 Å². The molecule has 36 heavy (non-hydrogen) atoms. The molecule has 0 radical (unpaired) electrons. The lowest BCUT2D eigenvalue weighted by Gasteiger charge is -2.27. The quantitative estimate of drug-likeness (QED) is 0.178. The van der Waals surface area contributed by atoms with E-state index in [-0.39, 0.29) is 29.7 Å². The standard InChI is InChI=1S/C24H36N4O6S2/c1-6-16-21(30)28-20(14(4)5)24(33)34-15-9-7-8-10-35-36-12-17(22(31)25-16)26-23(32)19(13(2)3)27-18(29)11-15/h6-7,9,13-15,17,19-20H,8,10-12H2,1-5H3,(H,25,31)(H,26,32)(H,27,29)(H,28,30)/b9-7+,16-6-/t15-,17-,19-,20?/m1/s1. The molecule has 1 unspecified atom stereocenters. The van der Waals surface area contributed by atoms with E-state index in [2.05, 4.69) is 21.3 Å². The van der Waals surface area contributed by atoms with Crippen molar-refractivity contribution >= 4 is 51.2 Å². The number of fused-ring (bicyclic) bond motifs is 7. The van der Waals surface area contributed by atoms with Gasteiger partial charge in [-0.15, -0.1) is 0 Å². The summed E-state index contributed by atoms with van der Waals surface area (Å²) in [4.78, 5) is 65.2. The van der Waals surface area contributed by atoms with Gasteiger partial charge in [-0.2, -0.15) is 0 Å². The molecule has 12 heteroatoms. The maximum atomic E-state index is 13.2. The van der Waals surface area contributed by atoms with Gasteiger partial charge in [0.15, 0.2) is 0 Å². The van der Waals surface area contributed by atoms with E-state index in [1.54, 1.807) is 40.7 Å². The predicted octanol–water partition coefficient (Wildman–Crippen LogP) is 1.43. The van der Waals surface area contributed by atoms with Crippen LogP contribution in [0.4, 0.5) is 0 Å². The van der Waals surface area contributed by atoms with Gasteiger partial charge in [-0.05, 0) is 31.3 Å². The fourth-order valence-electron chi connectivity index (χ4n) is 3.50. The van der Waals surface area contributed by atoms with Crippen LogP contribution in [-0.4, -0.2) is 65.3 Å². The smallest absolute Gasteiger partial charge is 0.329 e. The Morgan fingerprint density at radius 1 is 0.944 bits per heavy atom. The number of hydrogen-bond donors (Lipinski definition) is 4. The van der Waals surface area contributed by atoms with Crippen LogP contribution in [0.25, 0.3) is 0 Å². The minimum Gasteiger partial charge on any atom is -0.456 e.